The van der Waals surface area contributed by atoms with E-state index in [1.165, 1.54) is 23.5 Å². The molecule has 2 heterocycles. The van der Waals surface area contributed by atoms with Crippen molar-refractivity contribution in [3.8, 4) is 0 Å². The van der Waals surface area contributed by atoms with Gasteiger partial charge in [-0.3, -0.25) is 4.68 Å². The van der Waals surface area contributed by atoms with Crippen molar-refractivity contribution in [2.24, 2.45) is 7.05 Å². The van der Waals surface area contributed by atoms with Crippen molar-refractivity contribution < 1.29 is 9.50 Å². The zero-order valence-corrected chi connectivity index (χ0v) is 11.2. The topological polar surface area (TPSA) is 38.0 Å². The van der Waals surface area contributed by atoms with Gasteiger partial charge in [0, 0.05) is 29.2 Å². The van der Waals surface area contributed by atoms with Crippen LogP contribution in [0.1, 0.15) is 16.7 Å². The zero-order valence-electron chi connectivity index (χ0n) is 10.4. The van der Waals surface area contributed by atoms with E-state index in [-0.39, 0.29) is 5.82 Å². The molecule has 0 aliphatic heterocycles. The van der Waals surface area contributed by atoms with Crippen molar-refractivity contribution in [1.82, 2.24) is 9.78 Å². The Morgan fingerprint density at radius 1 is 1.37 bits per heavy atom. The molecule has 0 aliphatic carbocycles. The van der Waals surface area contributed by atoms with Crippen LogP contribution in [0.3, 0.4) is 0 Å². The molecule has 0 saturated heterocycles. The van der Waals surface area contributed by atoms with Gasteiger partial charge in [0.05, 0.1) is 11.8 Å². The van der Waals surface area contributed by atoms with E-state index < -0.39 is 6.10 Å². The molecule has 0 amide bonds. The van der Waals surface area contributed by atoms with Crippen molar-refractivity contribution >= 4 is 21.4 Å². The largest absolute Gasteiger partial charge is 0.387 e. The van der Waals surface area contributed by atoms with E-state index >= 15 is 0 Å². The fourth-order valence-electron chi connectivity index (χ4n) is 2.06. The molecule has 3 nitrogen and oxygen atoms in total. The molecule has 98 valence electrons. The van der Waals surface area contributed by atoms with Gasteiger partial charge in [-0.15, -0.1) is 11.3 Å². The lowest BCUT2D eigenvalue weighted by Crippen LogP contribution is -2.01. The molecule has 0 radical (unpaired) electrons. The molecule has 1 atom stereocenters. The minimum atomic E-state index is -0.602. The Morgan fingerprint density at radius 2 is 2.21 bits per heavy atom. The molecule has 19 heavy (non-hydrogen) atoms. The highest BCUT2D eigenvalue weighted by molar-refractivity contribution is 7.19. The van der Waals surface area contributed by atoms with E-state index in [9.17, 15) is 9.50 Å². The molecule has 1 N–H and O–H groups in total. The smallest absolute Gasteiger partial charge is 0.124 e. The number of nitrogens with zero attached hydrogens (tertiary/aromatic N) is 2. The third-order valence-electron chi connectivity index (χ3n) is 3.00. The van der Waals surface area contributed by atoms with Gasteiger partial charge in [0.25, 0.3) is 0 Å². The second-order valence-electron chi connectivity index (χ2n) is 4.53. The van der Waals surface area contributed by atoms with E-state index in [0.29, 0.717) is 6.42 Å². The van der Waals surface area contributed by atoms with Gasteiger partial charge in [-0.25, -0.2) is 4.39 Å². The monoisotopic (exact) mass is 276 g/mol. The van der Waals surface area contributed by atoms with Crippen LogP contribution in [0, 0.1) is 5.82 Å². The Kier molecular flexibility index (Phi) is 3.08. The van der Waals surface area contributed by atoms with E-state index in [2.05, 4.69) is 5.10 Å². The first kappa shape index (κ1) is 12.3. The lowest BCUT2D eigenvalue weighted by atomic mass is 10.1. The van der Waals surface area contributed by atoms with E-state index in [0.717, 1.165) is 20.7 Å². The normalized spacial score (nSPS) is 13.0. The zero-order chi connectivity index (χ0) is 13.4. The molecule has 1 unspecified atom stereocenters. The summed E-state index contributed by atoms with van der Waals surface area (Å²) in [7, 11) is 1.85. The summed E-state index contributed by atoms with van der Waals surface area (Å²) in [5.74, 6) is -0.250. The molecule has 1 aromatic carbocycles. The predicted molar refractivity (Wildman–Crippen MR) is 73.7 cm³/mol. The van der Waals surface area contributed by atoms with E-state index in [1.807, 2.05) is 25.4 Å². The number of aryl methyl sites for hydroxylation is 1. The first-order valence-electron chi connectivity index (χ1n) is 5.97. The number of aromatic nitrogens is 2. The highest BCUT2D eigenvalue weighted by Crippen LogP contribution is 2.31. The van der Waals surface area contributed by atoms with Crippen LogP contribution in [0.4, 0.5) is 4.39 Å². The molecule has 5 heteroatoms. The summed E-state index contributed by atoms with van der Waals surface area (Å²) < 4.78 is 15.7. The summed E-state index contributed by atoms with van der Waals surface area (Å²) >= 11 is 1.42. The summed E-state index contributed by atoms with van der Waals surface area (Å²) in [6, 6.07) is 8.46. The van der Waals surface area contributed by atoms with Crippen molar-refractivity contribution in [1.29, 1.82) is 0 Å². The SMILES string of the molecule is Cn1ccc(CC(O)c2cc3ccc(F)cc3s2)n1. The third-order valence-corrected chi connectivity index (χ3v) is 4.20. The van der Waals surface area contributed by atoms with Gasteiger partial charge < -0.3 is 5.11 Å². The number of aliphatic hydroxyl groups excluding tert-OH is 1. The summed E-state index contributed by atoms with van der Waals surface area (Å²) in [5.41, 5.74) is 0.846. The number of thiophene rings is 1. The van der Waals surface area contributed by atoms with E-state index in [4.69, 9.17) is 0 Å². The molecule has 0 aliphatic rings. The van der Waals surface area contributed by atoms with Crippen LogP contribution >= 0.6 is 11.3 Å². The van der Waals surface area contributed by atoms with Gasteiger partial charge >= 0.3 is 0 Å². The number of fused-ring (bicyclic) bond motifs is 1. The number of rotatable bonds is 3. The number of hydrogen-bond acceptors (Lipinski definition) is 3. The Balaban J connectivity index is 1.86. The van der Waals surface area contributed by atoms with Gasteiger partial charge in [-0.05, 0) is 29.7 Å². The molecule has 3 aromatic rings. The van der Waals surface area contributed by atoms with Crippen LogP contribution in [0.5, 0.6) is 0 Å². The number of benzene rings is 1. The van der Waals surface area contributed by atoms with E-state index in [1.54, 1.807) is 10.7 Å². The molecule has 2 aromatic heterocycles. The Labute approximate surface area is 113 Å². The van der Waals surface area contributed by atoms with Crippen LogP contribution in [-0.4, -0.2) is 14.9 Å². The average molecular weight is 276 g/mol. The van der Waals surface area contributed by atoms with Crippen LogP contribution < -0.4 is 0 Å². The lowest BCUT2D eigenvalue weighted by molar-refractivity contribution is 0.181. The summed E-state index contributed by atoms with van der Waals surface area (Å²) in [6.45, 7) is 0. The van der Waals surface area contributed by atoms with Crippen molar-refractivity contribution in [2.45, 2.75) is 12.5 Å². The average Bonchev–Trinajstić information content (AvgIpc) is 2.95. The van der Waals surface area contributed by atoms with Crippen LogP contribution in [-0.2, 0) is 13.5 Å². The highest BCUT2D eigenvalue weighted by Gasteiger charge is 2.14. The minimum absolute atomic E-state index is 0.250. The highest BCUT2D eigenvalue weighted by atomic mass is 32.1. The summed E-state index contributed by atoms with van der Waals surface area (Å²) in [5, 5.41) is 15.4. The maximum absolute atomic E-state index is 13.1. The van der Waals surface area contributed by atoms with Gasteiger partial charge in [0.2, 0.25) is 0 Å². The number of halogens is 1. The fraction of sp³-hybridized carbons (Fsp3) is 0.214. The number of aliphatic hydroxyl groups is 1. The Morgan fingerprint density at radius 3 is 2.95 bits per heavy atom. The summed E-state index contributed by atoms with van der Waals surface area (Å²) in [6.07, 6.45) is 1.72. The second-order valence-corrected chi connectivity index (χ2v) is 5.65. The van der Waals surface area contributed by atoms with Crippen molar-refractivity contribution in [3.05, 3.63) is 52.9 Å². The molecule has 0 bridgehead atoms. The van der Waals surface area contributed by atoms with Crippen molar-refractivity contribution in [2.75, 3.05) is 0 Å². The Bertz CT molecular complexity index is 719. The third kappa shape index (κ3) is 2.52. The van der Waals surface area contributed by atoms with Crippen LogP contribution in [0.15, 0.2) is 36.5 Å². The first-order chi connectivity index (χ1) is 9.11. The maximum atomic E-state index is 13.1. The quantitative estimate of drug-likeness (QED) is 0.798. The predicted octanol–water partition coefficient (Wildman–Crippen LogP) is 3.05. The van der Waals surface area contributed by atoms with Gasteiger partial charge in [-0.1, -0.05) is 6.07 Å². The number of hydrogen-bond donors (Lipinski definition) is 1. The van der Waals surface area contributed by atoms with Gasteiger partial charge in [0.1, 0.15) is 5.82 Å². The fourth-order valence-corrected chi connectivity index (χ4v) is 3.14. The summed E-state index contributed by atoms with van der Waals surface area (Å²) in [4.78, 5) is 0.839. The molecule has 0 spiro atoms. The second kappa shape index (κ2) is 4.75. The molecular formula is C14H13FN2OS. The Hall–Kier alpha value is -1.72. The standard InChI is InChI=1S/C14H13FN2OS/c1-17-5-4-11(16-17)8-12(18)14-6-9-2-3-10(15)7-13(9)19-14/h2-7,12,18H,8H2,1H3. The van der Waals surface area contributed by atoms with Gasteiger partial charge in [0.15, 0.2) is 0 Å². The minimum Gasteiger partial charge on any atom is -0.387 e. The van der Waals surface area contributed by atoms with Crippen LogP contribution in [0.25, 0.3) is 10.1 Å². The molecule has 0 fully saturated rings. The molecular weight excluding hydrogens is 263 g/mol. The lowest BCUT2D eigenvalue weighted by Gasteiger charge is -2.05. The van der Waals surface area contributed by atoms with Crippen LogP contribution in [0.2, 0.25) is 0 Å². The molecule has 0 saturated carbocycles. The van der Waals surface area contributed by atoms with Gasteiger partial charge in [-0.2, -0.15) is 5.10 Å². The molecule has 3 rings (SSSR count). The van der Waals surface area contributed by atoms with Crippen molar-refractivity contribution in [3.63, 3.8) is 0 Å². The first-order valence-corrected chi connectivity index (χ1v) is 6.79. The maximum Gasteiger partial charge on any atom is 0.124 e.